The fraction of sp³-hybridized carbons (Fsp3) is 0.667. The third kappa shape index (κ3) is 4.83. The Morgan fingerprint density at radius 2 is 1.96 bits per heavy atom. The zero-order valence-electron chi connectivity index (χ0n) is 15.4. The van der Waals surface area contributed by atoms with Gasteiger partial charge in [0.1, 0.15) is 5.75 Å². The molecule has 1 aromatic rings. The molecule has 25 heavy (non-hydrogen) atoms. The lowest BCUT2D eigenvalue weighted by molar-refractivity contribution is -0.384. The third-order valence-corrected chi connectivity index (χ3v) is 4.88. The van der Waals surface area contributed by atoms with Crippen LogP contribution in [0.2, 0.25) is 0 Å². The van der Waals surface area contributed by atoms with Crippen LogP contribution in [-0.4, -0.2) is 48.4 Å². The van der Waals surface area contributed by atoms with Crippen molar-refractivity contribution in [1.29, 1.82) is 0 Å². The third-order valence-electron chi connectivity index (χ3n) is 4.88. The van der Waals surface area contributed by atoms with E-state index in [1.54, 1.807) is 6.07 Å². The van der Waals surface area contributed by atoms with Gasteiger partial charge in [0, 0.05) is 31.2 Å². The van der Waals surface area contributed by atoms with Gasteiger partial charge in [-0.15, -0.1) is 0 Å². The number of nitrogens with one attached hydrogen (secondary N) is 1. The predicted molar refractivity (Wildman–Crippen MR) is 98.3 cm³/mol. The van der Waals surface area contributed by atoms with Crippen LogP contribution in [0.3, 0.4) is 0 Å². The molecule has 0 amide bonds. The summed E-state index contributed by atoms with van der Waals surface area (Å²) in [7, 11) is 1.53. The Bertz CT molecular complexity index is 576. The zero-order valence-corrected chi connectivity index (χ0v) is 15.4. The van der Waals surface area contributed by atoms with Crippen molar-refractivity contribution in [2.75, 3.05) is 25.1 Å². The van der Waals surface area contributed by atoms with Crippen molar-refractivity contribution in [2.24, 2.45) is 5.92 Å². The molecule has 0 aliphatic carbocycles. The second kappa shape index (κ2) is 8.49. The highest BCUT2D eigenvalue weighted by molar-refractivity contribution is 5.62. The van der Waals surface area contributed by atoms with Gasteiger partial charge in [0.15, 0.2) is 0 Å². The molecular weight excluding hydrogens is 322 g/mol. The van der Waals surface area contributed by atoms with E-state index in [0.717, 1.165) is 31.6 Å². The van der Waals surface area contributed by atoms with Gasteiger partial charge in [-0.05, 0) is 31.7 Å². The molecule has 0 aromatic heterocycles. The lowest BCUT2D eigenvalue weighted by Gasteiger charge is -2.37. The van der Waals surface area contributed by atoms with Crippen molar-refractivity contribution < 1.29 is 14.8 Å². The minimum Gasteiger partial charge on any atom is -0.494 e. The number of hydrogen-bond acceptors (Lipinski definition) is 6. The van der Waals surface area contributed by atoms with Crippen LogP contribution in [0.1, 0.15) is 33.6 Å². The number of aliphatic hydroxyl groups excluding tert-OH is 1. The first-order valence-electron chi connectivity index (χ1n) is 8.85. The number of anilines is 1. The maximum absolute atomic E-state index is 10.9. The largest absolute Gasteiger partial charge is 0.494 e. The summed E-state index contributed by atoms with van der Waals surface area (Å²) in [6, 6.07) is 5.21. The first-order chi connectivity index (χ1) is 11.8. The van der Waals surface area contributed by atoms with Gasteiger partial charge in [0.25, 0.3) is 5.69 Å². The van der Waals surface area contributed by atoms with Crippen LogP contribution in [0.5, 0.6) is 5.75 Å². The number of nitro groups is 1. The van der Waals surface area contributed by atoms with Crippen molar-refractivity contribution in [3.8, 4) is 5.75 Å². The number of benzene rings is 1. The number of non-ortho nitro benzene ring substituents is 1. The molecule has 7 nitrogen and oxygen atoms in total. The molecule has 1 saturated heterocycles. The Kier molecular flexibility index (Phi) is 6.61. The summed E-state index contributed by atoms with van der Waals surface area (Å²) in [5, 5.41) is 24.4. The van der Waals surface area contributed by atoms with Gasteiger partial charge >= 0.3 is 0 Å². The molecule has 0 saturated carbocycles. The van der Waals surface area contributed by atoms with Gasteiger partial charge in [-0.25, -0.2) is 0 Å². The van der Waals surface area contributed by atoms with Crippen LogP contribution >= 0.6 is 0 Å². The Morgan fingerprint density at radius 3 is 2.44 bits per heavy atom. The number of ether oxygens (including phenoxy) is 1. The van der Waals surface area contributed by atoms with E-state index in [4.69, 9.17) is 4.74 Å². The molecule has 1 heterocycles. The van der Waals surface area contributed by atoms with Crippen LogP contribution in [0.15, 0.2) is 18.2 Å². The molecule has 0 bridgehead atoms. The van der Waals surface area contributed by atoms with Crippen molar-refractivity contribution >= 4 is 11.4 Å². The second-order valence-electron chi connectivity index (χ2n) is 7.05. The van der Waals surface area contributed by atoms with Crippen LogP contribution in [0.4, 0.5) is 11.4 Å². The molecule has 2 N–H and O–H groups in total. The van der Waals surface area contributed by atoms with Crippen LogP contribution < -0.4 is 15.0 Å². The minimum absolute atomic E-state index is 0.0360. The van der Waals surface area contributed by atoms with Gasteiger partial charge in [-0.1, -0.05) is 13.8 Å². The van der Waals surface area contributed by atoms with E-state index in [2.05, 4.69) is 24.1 Å². The van der Waals surface area contributed by atoms with Crippen molar-refractivity contribution in [3.05, 3.63) is 28.3 Å². The molecule has 1 aliphatic rings. The number of rotatable bonds is 7. The Labute approximate surface area is 149 Å². The average Bonchev–Trinajstić information content (AvgIpc) is 2.59. The Morgan fingerprint density at radius 1 is 1.32 bits per heavy atom. The second-order valence-corrected chi connectivity index (χ2v) is 7.05. The van der Waals surface area contributed by atoms with Gasteiger partial charge in [-0.3, -0.25) is 10.1 Å². The highest BCUT2D eigenvalue weighted by Gasteiger charge is 2.27. The molecular formula is C18H29N3O4. The number of nitro benzene ring substituents is 1. The van der Waals surface area contributed by atoms with Gasteiger partial charge in [-0.2, -0.15) is 0 Å². The fourth-order valence-corrected chi connectivity index (χ4v) is 3.49. The summed E-state index contributed by atoms with van der Waals surface area (Å²) in [5.41, 5.74) is 0.927. The number of methoxy groups -OCH3 is 1. The number of hydrogen-bond donors (Lipinski definition) is 2. The van der Waals surface area contributed by atoms with Crippen molar-refractivity contribution in [3.63, 3.8) is 0 Å². The van der Waals surface area contributed by atoms with Gasteiger partial charge in [0.05, 0.1) is 29.9 Å². The smallest absolute Gasteiger partial charge is 0.273 e. The summed E-state index contributed by atoms with van der Waals surface area (Å²) in [4.78, 5) is 12.7. The van der Waals surface area contributed by atoms with E-state index >= 15 is 0 Å². The summed E-state index contributed by atoms with van der Waals surface area (Å²) >= 11 is 0. The maximum Gasteiger partial charge on any atom is 0.273 e. The highest BCUT2D eigenvalue weighted by Crippen LogP contribution is 2.33. The number of aliphatic hydroxyl groups is 1. The van der Waals surface area contributed by atoms with Crippen molar-refractivity contribution in [2.45, 2.75) is 51.8 Å². The van der Waals surface area contributed by atoms with E-state index in [1.807, 2.05) is 6.92 Å². The van der Waals surface area contributed by atoms with E-state index in [-0.39, 0.29) is 17.8 Å². The lowest BCUT2D eigenvalue weighted by atomic mass is 9.95. The topological polar surface area (TPSA) is 87.9 Å². The quantitative estimate of drug-likeness (QED) is 0.580. The molecule has 140 valence electrons. The van der Waals surface area contributed by atoms with E-state index < -0.39 is 4.92 Å². The van der Waals surface area contributed by atoms with E-state index in [0.29, 0.717) is 17.7 Å². The summed E-state index contributed by atoms with van der Waals surface area (Å²) < 4.78 is 5.35. The fourth-order valence-electron chi connectivity index (χ4n) is 3.49. The van der Waals surface area contributed by atoms with Gasteiger partial charge in [0.2, 0.25) is 0 Å². The molecule has 7 heteroatoms. The summed E-state index contributed by atoms with van der Waals surface area (Å²) in [5.74, 6) is 0.900. The SMILES string of the molecule is COc1cc([N+](=O)[O-])ccc1N1CCC(N[C@@H](C(C)C)C(C)O)CC1. The Balaban J connectivity index is 2.01. The molecule has 1 unspecified atom stereocenters. The normalized spacial score (nSPS) is 18.2. The summed E-state index contributed by atoms with van der Waals surface area (Å²) in [6.45, 7) is 7.74. The average molecular weight is 351 g/mol. The summed E-state index contributed by atoms with van der Waals surface area (Å²) in [6.07, 6.45) is 1.53. The van der Waals surface area contributed by atoms with Crippen LogP contribution in [-0.2, 0) is 0 Å². The molecule has 1 fully saturated rings. The first kappa shape index (κ1) is 19.5. The first-order valence-corrected chi connectivity index (χ1v) is 8.85. The molecule has 0 spiro atoms. The van der Waals surface area contributed by atoms with Crippen molar-refractivity contribution in [1.82, 2.24) is 5.32 Å². The molecule has 2 rings (SSSR count). The van der Waals surface area contributed by atoms with E-state index in [1.165, 1.54) is 19.2 Å². The zero-order chi connectivity index (χ0) is 18.6. The standard InChI is InChI=1S/C18H29N3O4/c1-12(2)18(13(3)22)19-14-7-9-20(10-8-14)16-6-5-15(21(23)24)11-17(16)25-4/h5-6,11-14,18-19,22H,7-10H2,1-4H3/t13?,18-/m0/s1. The molecule has 0 radical (unpaired) electrons. The van der Waals surface area contributed by atoms with Crippen LogP contribution in [0.25, 0.3) is 0 Å². The highest BCUT2D eigenvalue weighted by atomic mass is 16.6. The minimum atomic E-state index is -0.412. The number of piperidine rings is 1. The van der Waals surface area contributed by atoms with Gasteiger partial charge < -0.3 is 20.1 Å². The molecule has 1 aliphatic heterocycles. The molecule has 2 atom stereocenters. The monoisotopic (exact) mass is 351 g/mol. The maximum atomic E-state index is 10.9. The Hall–Kier alpha value is -1.86. The predicted octanol–water partition coefficient (Wildman–Crippen LogP) is 2.57. The van der Waals surface area contributed by atoms with Crippen LogP contribution in [0, 0.1) is 16.0 Å². The number of nitrogens with zero attached hydrogens (tertiary/aromatic N) is 2. The molecule has 1 aromatic carbocycles. The van der Waals surface area contributed by atoms with E-state index in [9.17, 15) is 15.2 Å². The lowest BCUT2D eigenvalue weighted by Crippen LogP contribution is -2.51.